The van der Waals surface area contributed by atoms with Crippen LogP contribution in [0.15, 0.2) is 29.2 Å². The lowest BCUT2D eigenvalue weighted by Gasteiger charge is -2.24. The Morgan fingerprint density at radius 2 is 1.71 bits per heavy atom. The number of carbonyl (C=O) groups is 1. The van der Waals surface area contributed by atoms with Gasteiger partial charge < -0.3 is 10.2 Å². The number of rotatable bonds is 5. The summed E-state index contributed by atoms with van der Waals surface area (Å²) in [5.41, 5.74) is 0.533. The van der Waals surface area contributed by atoms with Gasteiger partial charge in [-0.1, -0.05) is 6.92 Å². The predicted molar refractivity (Wildman–Crippen MR) is 85.3 cm³/mol. The Morgan fingerprint density at radius 3 is 2.14 bits per heavy atom. The van der Waals surface area contributed by atoms with Crippen LogP contribution in [0.4, 0.5) is 5.69 Å². The molecule has 6 heteroatoms. The molecule has 1 amide bonds. The lowest BCUT2D eigenvalue weighted by molar-refractivity contribution is -0.121. The molecule has 0 aromatic heterocycles. The minimum absolute atomic E-state index is 0.0738. The minimum atomic E-state index is -3.19. The first kappa shape index (κ1) is 17.5. The maximum Gasteiger partial charge on any atom is 0.239 e. The standard InChI is InChI=1S/C15H24N2O3S/c1-6-21(19,20)13-9-7-12(8-10-13)17(5)11-14(18)16-15(2,3)4/h7-10H,6,11H2,1-5H3,(H,16,18). The van der Waals surface area contributed by atoms with E-state index in [4.69, 9.17) is 0 Å². The molecule has 0 fully saturated rings. The largest absolute Gasteiger partial charge is 0.365 e. The Morgan fingerprint density at radius 1 is 1.19 bits per heavy atom. The summed E-state index contributed by atoms with van der Waals surface area (Å²) in [4.78, 5) is 14.0. The van der Waals surface area contributed by atoms with Crippen LogP contribution in [0.3, 0.4) is 0 Å². The van der Waals surface area contributed by atoms with Crippen LogP contribution in [0.1, 0.15) is 27.7 Å². The van der Waals surface area contributed by atoms with Gasteiger partial charge in [0, 0.05) is 18.3 Å². The number of benzene rings is 1. The molecule has 0 aliphatic heterocycles. The number of nitrogens with one attached hydrogen (secondary N) is 1. The van der Waals surface area contributed by atoms with Crippen molar-refractivity contribution in [2.45, 2.75) is 38.1 Å². The Labute approximate surface area is 127 Å². The van der Waals surface area contributed by atoms with Crippen molar-refractivity contribution in [2.75, 3.05) is 24.2 Å². The van der Waals surface area contributed by atoms with Gasteiger partial charge in [-0.2, -0.15) is 0 Å². The Kier molecular flexibility index (Phi) is 5.39. The van der Waals surface area contributed by atoms with Gasteiger partial charge in [-0.3, -0.25) is 4.79 Å². The van der Waals surface area contributed by atoms with E-state index in [9.17, 15) is 13.2 Å². The molecule has 0 spiro atoms. The van der Waals surface area contributed by atoms with Gasteiger partial charge in [-0.15, -0.1) is 0 Å². The maximum absolute atomic E-state index is 11.9. The normalized spacial score (nSPS) is 12.0. The second kappa shape index (κ2) is 6.47. The highest BCUT2D eigenvalue weighted by molar-refractivity contribution is 7.91. The second-order valence-corrected chi connectivity index (χ2v) is 8.33. The summed E-state index contributed by atoms with van der Waals surface area (Å²) in [6.07, 6.45) is 0. The summed E-state index contributed by atoms with van der Waals surface area (Å²) in [6.45, 7) is 7.61. The number of sulfone groups is 1. The van der Waals surface area contributed by atoms with Crippen molar-refractivity contribution in [1.29, 1.82) is 0 Å². The molecular weight excluding hydrogens is 288 g/mol. The van der Waals surface area contributed by atoms with Crippen molar-refractivity contribution >= 4 is 21.4 Å². The molecule has 0 saturated heterocycles. The van der Waals surface area contributed by atoms with Crippen LogP contribution in [0.25, 0.3) is 0 Å². The second-order valence-electron chi connectivity index (χ2n) is 6.05. The number of carbonyl (C=O) groups excluding carboxylic acids is 1. The first-order valence-electron chi connectivity index (χ1n) is 6.90. The number of anilines is 1. The number of amides is 1. The number of hydrogen-bond donors (Lipinski definition) is 1. The Balaban J connectivity index is 2.76. The van der Waals surface area contributed by atoms with E-state index in [1.54, 1.807) is 43.1 Å². The first-order valence-corrected chi connectivity index (χ1v) is 8.55. The highest BCUT2D eigenvalue weighted by Crippen LogP contribution is 2.17. The summed E-state index contributed by atoms with van der Waals surface area (Å²) < 4.78 is 23.5. The van der Waals surface area contributed by atoms with Crippen molar-refractivity contribution in [3.63, 3.8) is 0 Å². The van der Waals surface area contributed by atoms with Gasteiger partial charge in [0.05, 0.1) is 17.2 Å². The summed E-state index contributed by atoms with van der Waals surface area (Å²) in [5, 5.41) is 2.89. The van der Waals surface area contributed by atoms with Crippen LogP contribution >= 0.6 is 0 Å². The molecule has 1 N–H and O–H groups in total. The predicted octanol–water partition coefficient (Wildman–Crippen LogP) is 1.83. The van der Waals surface area contributed by atoms with Crippen molar-refractivity contribution < 1.29 is 13.2 Å². The van der Waals surface area contributed by atoms with E-state index < -0.39 is 9.84 Å². The van der Waals surface area contributed by atoms with Crippen LogP contribution in [-0.2, 0) is 14.6 Å². The van der Waals surface area contributed by atoms with E-state index >= 15 is 0 Å². The van der Waals surface area contributed by atoms with Crippen molar-refractivity contribution in [2.24, 2.45) is 0 Å². The highest BCUT2D eigenvalue weighted by Gasteiger charge is 2.16. The zero-order valence-electron chi connectivity index (χ0n) is 13.3. The fourth-order valence-electron chi connectivity index (χ4n) is 1.84. The van der Waals surface area contributed by atoms with E-state index in [2.05, 4.69) is 5.32 Å². The van der Waals surface area contributed by atoms with Gasteiger partial charge in [0.2, 0.25) is 5.91 Å². The van der Waals surface area contributed by atoms with Gasteiger partial charge in [0.25, 0.3) is 0 Å². The van der Waals surface area contributed by atoms with E-state index in [1.165, 1.54) is 0 Å². The number of nitrogens with zero attached hydrogens (tertiary/aromatic N) is 1. The van der Waals surface area contributed by atoms with Crippen molar-refractivity contribution in [1.82, 2.24) is 5.32 Å². The van der Waals surface area contributed by atoms with Crippen LogP contribution < -0.4 is 10.2 Å². The number of likely N-dealkylation sites (N-methyl/N-ethyl adjacent to an activating group) is 1. The zero-order valence-corrected chi connectivity index (χ0v) is 14.1. The van der Waals surface area contributed by atoms with Gasteiger partial charge in [-0.05, 0) is 45.0 Å². The fourth-order valence-corrected chi connectivity index (χ4v) is 2.72. The molecule has 0 unspecified atom stereocenters. The monoisotopic (exact) mass is 312 g/mol. The molecule has 0 saturated carbocycles. The molecule has 0 bridgehead atoms. The number of hydrogen-bond acceptors (Lipinski definition) is 4. The van der Waals surface area contributed by atoms with Gasteiger partial charge >= 0.3 is 0 Å². The van der Waals surface area contributed by atoms with Gasteiger partial charge in [-0.25, -0.2) is 8.42 Å². The van der Waals surface area contributed by atoms with Crippen molar-refractivity contribution in [3.8, 4) is 0 Å². The smallest absolute Gasteiger partial charge is 0.239 e. The van der Waals surface area contributed by atoms with E-state index in [0.29, 0.717) is 4.90 Å². The van der Waals surface area contributed by atoms with Gasteiger partial charge in [0.1, 0.15) is 0 Å². The summed E-state index contributed by atoms with van der Waals surface area (Å²) >= 11 is 0. The lowest BCUT2D eigenvalue weighted by atomic mass is 10.1. The average Bonchev–Trinajstić information content (AvgIpc) is 2.36. The lowest BCUT2D eigenvalue weighted by Crippen LogP contribution is -2.45. The quantitative estimate of drug-likeness (QED) is 0.901. The molecule has 0 radical (unpaired) electrons. The average molecular weight is 312 g/mol. The molecule has 21 heavy (non-hydrogen) atoms. The van der Waals surface area contributed by atoms with E-state index in [1.807, 2.05) is 20.8 Å². The third-order valence-corrected chi connectivity index (χ3v) is 4.66. The molecule has 1 aromatic carbocycles. The van der Waals surface area contributed by atoms with Crippen molar-refractivity contribution in [3.05, 3.63) is 24.3 Å². The molecule has 1 aromatic rings. The third kappa shape index (κ3) is 5.38. The first-order chi connectivity index (χ1) is 9.55. The Hall–Kier alpha value is -1.56. The Bertz CT molecular complexity index is 586. The molecule has 0 aliphatic rings. The third-order valence-electron chi connectivity index (χ3n) is 2.91. The molecule has 0 aliphatic carbocycles. The van der Waals surface area contributed by atoms with Crippen LogP contribution in [0, 0.1) is 0 Å². The summed E-state index contributed by atoms with van der Waals surface area (Å²) in [5.74, 6) is 0.00570. The van der Waals surface area contributed by atoms with Crippen LogP contribution in [0.5, 0.6) is 0 Å². The topological polar surface area (TPSA) is 66.5 Å². The van der Waals surface area contributed by atoms with E-state index in [0.717, 1.165) is 5.69 Å². The molecule has 0 atom stereocenters. The van der Waals surface area contributed by atoms with E-state index in [-0.39, 0.29) is 23.7 Å². The molecule has 118 valence electrons. The zero-order chi connectivity index (χ0) is 16.3. The molecule has 1 rings (SSSR count). The molecule has 0 heterocycles. The maximum atomic E-state index is 11.9. The van der Waals surface area contributed by atoms with Crippen LogP contribution in [-0.4, -0.2) is 39.2 Å². The summed E-state index contributed by atoms with van der Waals surface area (Å²) in [6, 6.07) is 6.58. The molecular formula is C15H24N2O3S. The van der Waals surface area contributed by atoms with Crippen LogP contribution in [0.2, 0.25) is 0 Å². The SMILES string of the molecule is CCS(=O)(=O)c1ccc(N(C)CC(=O)NC(C)(C)C)cc1. The summed E-state index contributed by atoms with van der Waals surface area (Å²) in [7, 11) is -1.39. The van der Waals surface area contributed by atoms with Gasteiger partial charge in [0.15, 0.2) is 9.84 Å². The minimum Gasteiger partial charge on any atom is -0.365 e. The molecule has 5 nitrogen and oxygen atoms in total. The fraction of sp³-hybridized carbons (Fsp3) is 0.533. The highest BCUT2D eigenvalue weighted by atomic mass is 32.2.